The first kappa shape index (κ1) is 22.0. The summed E-state index contributed by atoms with van der Waals surface area (Å²) in [7, 11) is 1.85. The highest BCUT2D eigenvalue weighted by molar-refractivity contribution is 5.90. The lowest BCUT2D eigenvalue weighted by Crippen LogP contribution is -2.29. The summed E-state index contributed by atoms with van der Waals surface area (Å²) in [5.74, 6) is -0.343. The van der Waals surface area contributed by atoms with E-state index in [4.69, 9.17) is 9.47 Å². The molecule has 28 heavy (non-hydrogen) atoms. The van der Waals surface area contributed by atoms with E-state index in [1.54, 1.807) is 4.57 Å². The van der Waals surface area contributed by atoms with Crippen LogP contribution in [0.5, 0.6) is 0 Å². The van der Waals surface area contributed by atoms with Gasteiger partial charge in [0.25, 0.3) is 0 Å². The minimum atomic E-state index is -0.343. The van der Waals surface area contributed by atoms with E-state index in [1.807, 2.05) is 47.0 Å². The third-order valence-corrected chi connectivity index (χ3v) is 3.96. The highest BCUT2D eigenvalue weighted by Gasteiger charge is 2.19. The number of hydrogen-bond donors (Lipinski definition) is 1. The van der Waals surface area contributed by atoms with E-state index in [0.29, 0.717) is 5.69 Å². The molecule has 0 amide bonds. The van der Waals surface area contributed by atoms with Crippen LogP contribution in [-0.2, 0) is 16.5 Å². The average molecular weight is 387 g/mol. The second-order valence-electron chi connectivity index (χ2n) is 9.32. The topological polar surface area (TPSA) is 52.5 Å². The summed E-state index contributed by atoms with van der Waals surface area (Å²) in [5.41, 5.74) is 3.38. The summed E-state index contributed by atoms with van der Waals surface area (Å²) in [6.07, 6.45) is 1.78. The molecule has 5 heteroatoms. The van der Waals surface area contributed by atoms with Crippen molar-refractivity contribution in [3.8, 4) is 11.1 Å². The predicted molar refractivity (Wildman–Crippen MR) is 115 cm³/mol. The number of anilines is 1. The summed E-state index contributed by atoms with van der Waals surface area (Å²) < 4.78 is 13.0. The Kier molecular flexibility index (Phi) is 6.60. The maximum Gasteiger partial charge on any atom is 0.355 e. The second-order valence-corrected chi connectivity index (χ2v) is 9.32. The summed E-state index contributed by atoms with van der Waals surface area (Å²) in [4.78, 5) is 12.5. The molecule has 2 aromatic rings. The highest BCUT2D eigenvalue weighted by atomic mass is 16.6. The monoisotopic (exact) mass is 386 g/mol. The van der Waals surface area contributed by atoms with Gasteiger partial charge in [-0.05, 0) is 72.2 Å². The van der Waals surface area contributed by atoms with Gasteiger partial charge in [0.15, 0.2) is 0 Å². The van der Waals surface area contributed by atoms with Crippen molar-refractivity contribution in [3.63, 3.8) is 0 Å². The fourth-order valence-corrected chi connectivity index (χ4v) is 3.01. The number of esters is 1. The number of nitrogens with one attached hydrogen (secondary N) is 1. The van der Waals surface area contributed by atoms with E-state index < -0.39 is 0 Å². The fraction of sp³-hybridized carbons (Fsp3) is 0.522. The van der Waals surface area contributed by atoms with Crippen LogP contribution in [0.2, 0.25) is 0 Å². The largest absolute Gasteiger partial charge is 0.458 e. The number of carbonyl (C=O) groups excluding carboxylic acids is 1. The quantitative estimate of drug-likeness (QED) is 0.688. The third-order valence-electron chi connectivity index (χ3n) is 3.96. The van der Waals surface area contributed by atoms with Gasteiger partial charge in [0.1, 0.15) is 12.3 Å². The highest BCUT2D eigenvalue weighted by Crippen LogP contribution is 2.25. The molecule has 0 aliphatic heterocycles. The van der Waals surface area contributed by atoms with Gasteiger partial charge in [0.2, 0.25) is 0 Å². The second kappa shape index (κ2) is 8.39. The van der Waals surface area contributed by atoms with Gasteiger partial charge < -0.3 is 19.4 Å². The van der Waals surface area contributed by atoms with E-state index in [2.05, 4.69) is 50.4 Å². The van der Waals surface area contributed by atoms with E-state index >= 15 is 0 Å². The zero-order valence-electron chi connectivity index (χ0n) is 18.4. The van der Waals surface area contributed by atoms with Gasteiger partial charge in [0.05, 0.1) is 11.7 Å². The van der Waals surface area contributed by atoms with Gasteiger partial charge in [-0.15, -0.1) is 0 Å². The third kappa shape index (κ3) is 6.71. The van der Waals surface area contributed by atoms with Crippen LogP contribution in [0, 0.1) is 0 Å². The Morgan fingerprint density at radius 1 is 1.07 bits per heavy atom. The van der Waals surface area contributed by atoms with Crippen molar-refractivity contribution in [1.82, 2.24) is 4.57 Å². The number of ether oxygens (including phenoxy) is 2. The Morgan fingerprint density at radius 3 is 2.21 bits per heavy atom. The van der Waals surface area contributed by atoms with Crippen LogP contribution >= 0.6 is 0 Å². The van der Waals surface area contributed by atoms with Crippen molar-refractivity contribution >= 4 is 11.7 Å². The van der Waals surface area contributed by atoms with Crippen LogP contribution in [0.4, 0.5) is 5.69 Å². The van der Waals surface area contributed by atoms with Crippen LogP contribution < -0.4 is 5.32 Å². The lowest BCUT2D eigenvalue weighted by atomic mass is 10.1. The first-order valence-corrected chi connectivity index (χ1v) is 9.74. The van der Waals surface area contributed by atoms with Gasteiger partial charge in [0, 0.05) is 30.0 Å². The summed E-state index contributed by atoms with van der Waals surface area (Å²) in [6.45, 7) is 14.5. The molecule has 1 aromatic heterocycles. The summed E-state index contributed by atoms with van der Waals surface area (Å²) in [6, 6.07) is 10.1. The molecule has 0 saturated carbocycles. The van der Waals surface area contributed by atoms with Crippen molar-refractivity contribution in [2.75, 3.05) is 11.9 Å². The normalized spacial score (nSPS) is 13.3. The van der Waals surface area contributed by atoms with E-state index in [-0.39, 0.29) is 29.8 Å². The first-order valence-electron chi connectivity index (χ1n) is 9.74. The lowest BCUT2D eigenvalue weighted by Gasteiger charge is -2.24. The molecule has 0 saturated heterocycles. The number of nitrogens with zero attached hydrogens (tertiary/aromatic N) is 1. The van der Waals surface area contributed by atoms with Gasteiger partial charge in [-0.1, -0.05) is 12.1 Å². The van der Waals surface area contributed by atoms with Crippen LogP contribution in [-0.4, -0.2) is 34.4 Å². The minimum Gasteiger partial charge on any atom is -0.458 e. The molecule has 0 unspecified atom stereocenters. The number of benzene rings is 1. The molecule has 1 N–H and O–H groups in total. The van der Waals surface area contributed by atoms with Crippen LogP contribution in [0.3, 0.4) is 0 Å². The molecule has 1 heterocycles. The zero-order chi connectivity index (χ0) is 21.1. The van der Waals surface area contributed by atoms with Crippen LogP contribution in [0.25, 0.3) is 11.1 Å². The molecule has 0 spiro atoms. The van der Waals surface area contributed by atoms with Crippen molar-refractivity contribution in [2.45, 2.75) is 65.7 Å². The zero-order valence-corrected chi connectivity index (χ0v) is 18.4. The number of aromatic nitrogens is 1. The van der Waals surface area contributed by atoms with Crippen molar-refractivity contribution in [3.05, 3.63) is 42.2 Å². The molecule has 0 bridgehead atoms. The maximum absolute atomic E-state index is 12.5. The van der Waals surface area contributed by atoms with Gasteiger partial charge in [-0.2, -0.15) is 0 Å². The Hall–Kier alpha value is -2.27. The Bertz CT molecular complexity index is 793. The number of hydrogen-bond acceptors (Lipinski definition) is 4. The number of rotatable bonds is 6. The SMILES string of the molecule is C[C@H](COC(=O)c1cc(-c2ccc(NC(C)(C)C)cc2)cn1C)OC(C)(C)C. The molecular weight excluding hydrogens is 352 g/mol. The van der Waals surface area contributed by atoms with Crippen LogP contribution in [0.15, 0.2) is 36.5 Å². The van der Waals surface area contributed by atoms with Crippen molar-refractivity contribution < 1.29 is 14.3 Å². The smallest absolute Gasteiger partial charge is 0.355 e. The molecule has 5 nitrogen and oxygen atoms in total. The Morgan fingerprint density at radius 2 is 1.68 bits per heavy atom. The fourth-order valence-electron chi connectivity index (χ4n) is 3.01. The predicted octanol–water partition coefficient (Wildman–Crippen LogP) is 5.26. The standard InChI is InChI=1S/C23H34N2O3/c1-16(28-23(5,6)7)15-27-21(26)20-13-18(14-25(20)8)17-9-11-19(12-10-17)24-22(2,3)4/h9-14,16,24H,15H2,1-8H3/t16-/m1/s1. The average Bonchev–Trinajstić information content (AvgIpc) is 2.92. The van der Waals surface area contributed by atoms with E-state index in [1.165, 1.54) is 0 Å². The van der Waals surface area contributed by atoms with E-state index in [9.17, 15) is 4.79 Å². The summed E-state index contributed by atoms with van der Waals surface area (Å²) in [5, 5.41) is 3.45. The Balaban J connectivity index is 2.05. The Labute approximate surface area is 169 Å². The van der Waals surface area contributed by atoms with Crippen molar-refractivity contribution in [1.29, 1.82) is 0 Å². The molecule has 0 radical (unpaired) electrons. The molecule has 0 aliphatic carbocycles. The van der Waals surface area contributed by atoms with Crippen molar-refractivity contribution in [2.24, 2.45) is 7.05 Å². The number of carbonyl (C=O) groups is 1. The molecule has 1 atom stereocenters. The minimum absolute atomic E-state index is 0.0129. The number of aryl methyl sites for hydroxylation is 1. The van der Waals surface area contributed by atoms with E-state index in [0.717, 1.165) is 16.8 Å². The summed E-state index contributed by atoms with van der Waals surface area (Å²) >= 11 is 0. The molecule has 0 aliphatic rings. The molecule has 154 valence electrons. The van der Waals surface area contributed by atoms with Gasteiger partial charge >= 0.3 is 5.97 Å². The van der Waals surface area contributed by atoms with Gasteiger partial charge in [-0.25, -0.2) is 4.79 Å². The lowest BCUT2D eigenvalue weighted by molar-refractivity contribution is -0.0755. The molecular formula is C23H34N2O3. The van der Waals surface area contributed by atoms with Gasteiger partial charge in [-0.3, -0.25) is 0 Å². The molecule has 2 rings (SSSR count). The van der Waals surface area contributed by atoms with Crippen LogP contribution in [0.1, 0.15) is 59.0 Å². The maximum atomic E-state index is 12.5. The molecule has 0 fully saturated rings. The first-order chi connectivity index (χ1) is 12.8. The molecule has 1 aromatic carbocycles.